The highest BCUT2D eigenvalue weighted by atomic mass is 16.4. The van der Waals surface area contributed by atoms with Crippen molar-refractivity contribution < 1.29 is 29.4 Å². The van der Waals surface area contributed by atoms with Crippen LogP contribution in [-0.4, -0.2) is 64.7 Å². The minimum atomic E-state index is -1.32. The maximum Gasteiger partial charge on any atom is 0.326 e. The molecule has 1 aromatic rings. The molecule has 0 saturated heterocycles. The Morgan fingerprint density at radius 3 is 1.88 bits per heavy atom. The monoisotopic (exact) mass is 478 g/mol. The number of carboxylic acid groups (broad SMARTS) is 1. The van der Waals surface area contributed by atoms with Crippen LogP contribution in [0.15, 0.2) is 30.3 Å². The Bertz CT molecular complexity index is 819. The van der Waals surface area contributed by atoms with E-state index in [2.05, 4.69) is 16.0 Å². The van der Waals surface area contributed by atoms with Gasteiger partial charge in [0, 0.05) is 0 Å². The summed E-state index contributed by atoms with van der Waals surface area (Å²) in [6.45, 7) is 6.40. The van der Waals surface area contributed by atoms with Crippen molar-refractivity contribution >= 4 is 23.7 Å². The third-order valence-electron chi connectivity index (χ3n) is 6.02. The molecule has 0 heterocycles. The van der Waals surface area contributed by atoms with Crippen molar-refractivity contribution in [1.82, 2.24) is 16.0 Å². The molecule has 0 saturated carbocycles. The van der Waals surface area contributed by atoms with E-state index in [1.165, 1.54) is 0 Å². The molecular weight excluding hydrogens is 440 g/mol. The van der Waals surface area contributed by atoms with Crippen molar-refractivity contribution in [2.45, 2.75) is 71.1 Å². The first-order chi connectivity index (χ1) is 16.0. The Morgan fingerprint density at radius 1 is 0.853 bits per heavy atom. The Balaban J connectivity index is 2.87. The van der Waals surface area contributed by atoms with E-state index in [1.54, 1.807) is 13.8 Å². The van der Waals surface area contributed by atoms with Gasteiger partial charge in [-0.05, 0) is 23.8 Å². The number of amides is 3. The van der Waals surface area contributed by atoms with E-state index in [0.29, 0.717) is 12.8 Å². The molecule has 0 aromatic heterocycles. The first-order valence-corrected chi connectivity index (χ1v) is 11.6. The lowest BCUT2D eigenvalue weighted by atomic mass is 9.95. The van der Waals surface area contributed by atoms with Crippen LogP contribution in [0.5, 0.6) is 0 Å². The van der Waals surface area contributed by atoms with Crippen LogP contribution in [0.3, 0.4) is 0 Å². The molecule has 10 nitrogen and oxygen atoms in total. The smallest absolute Gasteiger partial charge is 0.326 e. The molecule has 6 unspecified atom stereocenters. The highest BCUT2D eigenvalue weighted by molar-refractivity contribution is 5.94. The topological polar surface area (TPSA) is 171 Å². The maximum atomic E-state index is 12.9. The number of carboxylic acids is 1. The second-order valence-corrected chi connectivity index (χ2v) is 8.62. The highest BCUT2D eigenvalue weighted by Crippen LogP contribution is 2.12. The van der Waals surface area contributed by atoms with E-state index >= 15 is 0 Å². The summed E-state index contributed by atoms with van der Waals surface area (Å²) in [7, 11) is 0. The average Bonchev–Trinajstić information content (AvgIpc) is 2.83. The molecule has 0 aliphatic carbocycles. The van der Waals surface area contributed by atoms with Gasteiger partial charge >= 0.3 is 5.97 Å². The van der Waals surface area contributed by atoms with Crippen molar-refractivity contribution in [3.8, 4) is 0 Å². The lowest BCUT2D eigenvalue weighted by Gasteiger charge is -2.28. The van der Waals surface area contributed by atoms with E-state index in [4.69, 9.17) is 5.73 Å². The van der Waals surface area contributed by atoms with Gasteiger partial charge in [0.2, 0.25) is 17.7 Å². The Hall–Kier alpha value is -2.98. The van der Waals surface area contributed by atoms with Crippen molar-refractivity contribution in [1.29, 1.82) is 0 Å². The zero-order chi connectivity index (χ0) is 25.8. The standard InChI is InChI=1S/C24H38N4O6/c1-5-14(3)19(23(32)28-20(24(33)34)15(4)6-2)27-22(31)18(13-29)26-21(30)17(25)12-16-10-8-7-9-11-16/h7-11,14-15,17-20,29H,5-6,12-13,25H2,1-4H3,(H,26,30)(H,27,31)(H,28,32)(H,33,34). The molecule has 0 aliphatic heterocycles. The van der Waals surface area contributed by atoms with E-state index < -0.39 is 54.5 Å². The van der Waals surface area contributed by atoms with Gasteiger partial charge in [-0.25, -0.2) is 4.79 Å². The van der Waals surface area contributed by atoms with Gasteiger partial charge in [0.1, 0.15) is 18.1 Å². The molecule has 3 amide bonds. The Labute approximate surface area is 200 Å². The van der Waals surface area contributed by atoms with Crippen LogP contribution in [0.4, 0.5) is 0 Å². The van der Waals surface area contributed by atoms with Crippen molar-refractivity contribution in [2.75, 3.05) is 6.61 Å². The highest BCUT2D eigenvalue weighted by Gasteiger charge is 2.33. The number of nitrogens with two attached hydrogens (primary N) is 1. The van der Waals surface area contributed by atoms with E-state index in [9.17, 15) is 29.4 Å². The zero-order valence-corrected chi connectivity index (χ0v) is 20.3. The normalized spacial score (nSPS) is 16.3. The third kappa shape index (κ3) is 8.75. The summed E-state index contributed by atoms with van der Waals surface area (Å²) in [6, 6.07) is 4.71. The SMILES string of the molecule is CCC(C)C(NC(=O)C(NC(=O)C(CO)NC(=O)C(N)Cc1ccccc1)C(C)CC)C(=O)O. The first-order valence-electron chi connectivity index (χ1n) is 11.6. The van der Waals surface area contributed by atoms with E-state index in [1.807, 2.05) is 44.2 Å². The van der Waals surface area contributed by atoms with Crippen LogP contribution < -0.4 is 21.7 Å². The van der Waals surface area contributed by atoms with Gasteiger partial charge < -0.3 is 31.9 Å². The summed E-state index contributed by atoms with van der Waals surface area (Å²) in [4.78, 5) is 49.8. The summed E-state index contributed by atoms with van der Waals surface area (Å²) < 4.78 is 0. The van der Waals surface area contributed by atoms with Gasteiger partial charge in [0.25, 0.3) is 0 Å². The van der Waals surface area contributed by atoms with Crippen LogP contribution in [0.25, 0.3) is 0 Å². The van der Waals surface area contributed by atoms with Gasteiger partial charge in [-0.15, -0.1) is 0 Å². The first kappa shape index (κ1) is 29.1. The van der Waals surface area contributed by atoms with E-state index in [-0.39, 0.29) is 18.3 Å². The molecular formula is C24H38N4O6. The number of hydrogen-bond donors (Lipinski definition) is 6. The summed E-state index contributed by atoms with van der Waals surface area (Å²) in [5.41, 5.74) is 6.80. The van der Waals surface area contributed by atoms with Crippen LogP contribution in [0.2, 0.25) is 0 Å². The minimum absolute atomic E-state index is 0.247. The molecule has 1 aromatic carbocycles. The molecule has 0 aliphatic rings. The summed E-state index contributed by atoms with van der Waals surface area (Å²) >= 11 is 0. The second-order valence-electron chi connectivity index (χ2n) is 8.62. The van der Waals surface area contributed by atoms with Gasteiger partial charge in [-0.1, -0.05) is 70.9 Å². The number of aliphatic hydroxyl groups excluding tert-OH is 1. The number of carbonyl (C=O) groups excluding carboxylic acids is 3. The average molecular weight is 479 g/mol. The van der Waals surface area contributed by atoms with Crippen LogP contribution in [0.1, 0.15) is 46.1 Å². The van der Waals surface area contributed by atoms with Gasteiger partial charge in [-0.3, -0.25) is 14.4 Å². The molecule has 0 fully saturated rings. The number of rotatable bonds is 14. The van der Waals surface area contributed by atoms with Crippen LogP contribution in [-0.2, 0) is 25.6 Å². The number of hydrogen-bond acceptors (Lipinski definition) is 6. The molecule has 10 heteroatoms. The summed E-state index contributed by atoms with van der Waals surface area (Å²) in [5, 5.41) is 26.6. The predicted molar refractivity (Wildman–Crippen MR) is 128 cm³/mol. The number of aliphatic carboxylic acids is 1. The molecule has 0 radical (unpaired) electrons. The third-order valence-corrected chi connectivity index (χ3v) is 6.02. The molecule has 1 rings (SSSR count). The zero-order valence-electron chi connectivity index (χ0n) is 20.3. The van der Waals surface area contributed by atoms with Gasteiger partial charge in [0.05, 0.1) is 12.6 Å². The summed E-state index contributed by atoms with van der Waals surface area (Å²) in [6.07, 6.45) is 1.31. The molecule has 7 N–H and O–H groups in total. The second kappa shape index (κ2) is 14.3. The Morgan fingerprint density at radius 2 is 1.38 bits per heavy atom. The van der Waals surface area contributed by atoms with Gasteiger partial charge in [0.15, 0.2) is 0 Å². The lowest BCUT2D eigenvalue weighted by molar-refractivity contribution is -0.144. The minimum Gasteiger partial charge on any atom is -0.480 e. The van der Waals surface area contributed by atoms with Crippen molar-refractivity contribution in [3.05, 3.63) is 35.9 Å². The molecule has 0 bridgehead atoms. The fraction of sp³-hybridized carbons (Fsp3) is 0.583. The number of carbonyl (C=O) groups is 4. The number of benzene rings is 1. The Kier molecular flexibility index (Phi) is 12.2. The molecule has 6 atom stereocenters. The quantitative estimate of drug-likeness (QED) is 0.221. The molecule has 190 valence electrons. The fourth-order valence-corrected chi connectivity index (χ4v) is 3.32. The summed E-state index contributed by atoms with van der Waals surface area (Å²) in [5.74, 6) is -3.83. The molecule has 0 spiro atoms. The maximum absolute atomic E-state index is 12.9. The lowest BCUT2D eigenvalue weighted by Crippen LogP contribution is -2.60. The largest absolute Gasteiger partial charge is 0.480 e. The van der Waals surface area contributed by atoms with E-state index in [0.717, 1.165) is 5.56 Å². The van der Waals surface area contributed by atoms with Crippen LogP contribution >= 0.6 is 0 Å². The van der Waals surface area contributed by atoms with Crippen molar-refractivity contribution in [2.24, 2.45) is 17.6 Å². The number of nitrogens with one attached hydrogen (secondary N) is 3. The van der Waals surface area contributed by atoms with Crippen LogP contribution in [0, 0.1) is 11.8 Å². The molecule has 34 heavy (non-hydrogen) atoms. The fourth-order valence-electron chi connectivity index (χ4n) is 3.32. The van der Waals surface area contributed by atoms with Gasteiger partial charge in [-0.2, -0.15) is 0 Å². The number of aliphatic hydroxyl groups is 1. The van der Waals surface area contributed by atoms with Crippen molar-refractivity contribution in [3.63, 3.8) is 0 Å². The predicted octanol–water partition coefficient (Wildman–Crippen LogP) is 0.180.